The first-order valence-corrected chi connectivity index (χ1v) is 8.65. The van der Waals surface area contributed by atoms with Crippen molar-refractivity contribution in [3.05, 3.63) is 35.9 Å². The number of rotatable bonds is 4. The maximum atomic E-state index is 12.3. The lowest BCUT2D eigenvalue weighted by Gasteiger charge is -2.37. The fraction of sp³-hybridized carbons (Fsp3) is 0.526. The Hall–Kier alpha value is -2.37. The summed E-state index contributed by atoms with van der Waals surface area (Å²) in [5.74, 6) is -0.166. The molecule has 0 saturated carbocycles. The fourth-order valence-electron chi connectivity index (χ4n) is 2.76. The predicted molar refractivity (Wildman–Crippen MR) is 95.8 cm³/mol. The van der Waals surface area contributed by atoms with Crippen LogP contribution in [0.25, 0.3) is 0 Å². The minimum Gasteiger partial charge on any atom is -0.347 e. The molecule has 136 valence electrons. The lowest BCUT2D eigenvalue weighted by molar-refractivity contribution is -0.144. The Morgan fingerprint density at radius 1 is 0.960 bits per heavy atom. The third-order valence-electron chi connectivity index (χ3n) is 4.21. The average Bonchev–Trinajstić information content (AvgIpc) is 2.59. The molecule has 0 bridgehead atoms. The maximum absolute atomic E-state index is 12.3. The van der Waals surface area contributed by atoms with Crippen molar-refractivity contribution < 1.29 is 14.4 Å². The van der Waals surface area contributed by atoms with Crippen LogP contribution in [0.15, 0.2) is 30.3 Å². The zero-order chi connectivity index (χ0) is 18.4. The molecule has 0 unspecified atom stereocenters. The smallest absolute Gasteiger partial charge is 0.242 e. The minimum absolute atomic E-state index is 0.00111. The van der Waals surface area contributed by atoms with Crippen LogP contribution in [0.5, 0.6) is 0 Å². The van der Waals surface area contributed by atoms with Crippen molar-refractivity contribution >= 4 is 17.7 Å². The van der Waals surface area contributed by atoms with E-state index >= 15 is 0 Å². The van der Waals surface area contributed by atoms with E-state index in [1.807, 2.05) is 51.1 Å². The number of piperazine rings is 1. The second-order valence-electron chi connectivity index (χ2n) is 7.36. The lowest BCUT2D eigenvalue weighted by Crippen LogP contribution is -2.54. The predicted octanol–water partition coefficient (Wildman–Crippen LogP) is 1.06. The first-order valence-electron chi connectivity index (χ1n) is 8.65. The van der Waals surface area contributed by atoms with Crippen molar-refractivity contribution in [3.8, 4) is 0 Å². The molecule has 0 spiro atoms. The summed E-state index contributed by atoms with van der Waals surface area (Å²) in [6.45, 7) is 7.79. The van der Waals surface area contributed by atoms with Crippen LogP contribution in [0.3, 0.4) is 0 Å². The van der Waals surface area contributed by atoms with Crippen molar-refractivity contribution in [1.82, 2.24) is 15.1 Å². The van der Waals surface area contributed by atoms with Gasteiger partial charge in [0.2, 0.25) is 17.7 Å². The van der Waals surface area contributed by atoms with Crippen LogP contribution in [0.4, 0.5) is 0 Å². The molecule has 1 saturated heterocycles. The second kappa shape index (κ2) is 8.14. The Kier molecular flexibility index (Phi) is 6.17. The number of amides is 3. The number of carbonyl (C=O) groups excluding carboxylic acids is 3. The van der Waals surface area contributed by atoms with Crippen LogP contribution in [0.1, 0.15) is 26.3 Å². The lowest BCUT2D eigenvalue weighted by atomic mass is 9.94. The topological polar surface area (TPSA) is 69.7 Å². The third kappa shape index (κ3) is 5.59. The van der Waals surface area contributed by atoms with E-state index < -0.39 is 5.41 Å². The zero-order valence-corrected chi connectivity index (χ0v) is 15.2. The van der Waals surface area contributed by atoms with Crippen molar-refractivity contribution in [1.29, 1.82) is 0 Å². The molecule has 0 aromatic heterocycles. The van der Waals surface area contributed by atoms with Crippen molar-refractivity contribution in [2.24, 2.45) is 5.41 Å². The average molecular weight is 345 g/mol. The molecule has 6 heteroatoms. The van der Waals surface area contributed by atoms with Crippen LogP contribution in [0.2, 0.25) is 0 Å². The number of nitrogens with one attached hydrogen (secondary N) is 1. The monoisotopic (exact) mass is 345 g/mol. The van der Waals surface area contributed by atoms with Gasteiger partial charge in [0.25, 0.3) is 0 Å². The summed E-state index contributed by atoms with van der Waals surface area (Å²) in [5, 5.41) is 2.68. The van der Waals surface area contributed by atoms with Gasteiger partial charge in [0.15, 0.2) is 0 Å². The number of carbonyl (C=O) groups is 3. The molecule has 1 fully saturated rings. The summed E-state index contributed by atoms with van der Waals surface area (Å²) in [5.41, 5.74) is 0.513. The Morgan fingerprint density at radius 3 is 2.08 bits per heavy atom. The van der Waals surface area contributed by atoms with Gasteiger partial charge >= 0.3 is 0 Å². The van der Waals surface area contributed by atoms with Gasteiger partial charge in [0.05, 0.1) is 13.0 Å². The van der Waals surface area contributed by atoms with Gasteiger partial charge in [-0.15, -0.1) is 0 Å². The highest BCUT2D eigenvalue weighted by Crippen LogP contribution is 2.18. The normalized spacial score (nSPS) is 15.0. The Bertz CT molecular complexity index is 615. The summed E-state index contributed by atoms with van der Waals surface area (Å²) in [4.78, 5) is 39.9. The van der Waals surface area contributed by atoms with Gasteiger partial charge in [0, 0.05) is 31.6 Å². The zero-order valence-electron chi connectivity index (χ0n) is 15.2. The van der Waals surface area contributed by atoms with E-state index in [1.54, 1.807) is 9.80 Å². The van der Waals surface area contributed by atoms with Gasteiger partial charge < -0.3 is 15.1 Å². The maximum Gasteiger partial charge on any atom is 0.242 e. The Balaban J connectivity index is 1.74. The van der Waals surface area contributed by atoms with Crippen LogP contribution in [0, 0.1) is 5.41 Å². The molecule has 1 aromatic carbocycles. The molecule has 2 rings (SSSR count). The van der Waals surface area contributed by atoms with E-state index in [9.17, 15) is 14.4 Å². The van der Waals surface area contributed by atoms with Gasteiger partial charge in [-0.1, -0.05) is 51.1 Å². The van der Waals surface area contributed by atoms with Crippen molar-refractivity contribution in [3.63, 3.8) is 0 Å². The molecule has 1 aliphatic heterocycles. The standard InChI is InChI=1S/C19H27N3O3/c1-19(2,3)18(25)22-11-9-21(10-12-22)17(24)14-20-16(23)13-15-7-5-4-6-8-15/h4-8H,9-14H2,1-3H3,(H,20,23). The number of hydrogen-bond donors (Lipinski definition) is 1. The summed E-state index contributed by atoms with van der Waals surface area (Å²) >= 11 is 0. The summed E-state index contributed by atoms with van der Waals surface area (Å²) in [6, 6.07) is 9.42. The largest absolute Gasteiger partial charge is 0.347 e. The van der Waals surface area contributed by atoms with Gasteiger partial charge in [-0.3, -0.25) is 14.4 Å². The highest BCUT2D eigenvalue weighted by atomic mass is 16.2. The van der Waals surface area contributed by atoms with E-state index in [0.29, 0.717) is 26.2 Å². The highest BCUT2D eigenvalue weighted by molar-refractivity contribution is 5.86. The van der Waals surface area contributed by atoms with Gasteiger partial charge in [0.1, 0.15) is 0 Å². The van der Waals surface area contributed by atoms with Gasteiger partial charge in [-0.05, 0) is 5.56 Å². The van der Waals surface area contributed by atoms with Crippen LogP contribution in [-0.2, 0) is 20.8 Å². The van der Waals surface area contributed by atoms with E-state index in [1.165, 1.54) is 0 Å². The molecule has 1 heterocycles. The van der Waals surface area contributed by atoms with E-state index in [0.717, 1.165) is 5.56 Å². The summed E-state index contributed by atoms with van der Waals surface area (Å²) in [6.07, 6.45) is 0.266. The number of hydrogen-bond acceptors (Lipinski definition) is 3. The molecule has 25 heavy (non-hydrogen) atoms. The van der Waals surface area contributed by atoms with Crippen molar-refractivity contribution in [2.45, 2.75) is 27.2 Å². The number of nitrogens with zero attached hydrogens (tertiary/aromatic N) is 2. The van der Waals surface area contributed by atoms with Gasteiger partial charge in [-0.2, -0.15) is 0 Å². The number of benzene rings is 1. The summed E-state index contributed by atoms with van der Waals surface area (Å²) in [7, 11) is 0. The van der Waals surface area contributed by atoms with E-state index in [2.05, 4.69) is 5.32 Å². The fourth-order valence-corrected chi connectivity index (χ4v) is 2.76. The third-order valence-corrected chi connectivity index (χ3v) is 4.21. The Morgan fingerprint density at radius 2 is 1.52 bits per heavy atom. The molecular formula is C19H27N3O3. The summed E-state index contributed by atoms with van der Waals surface area (Å²) < 4.78 is 0. The molecule has 3 amide bonds. The second-order valence-corrected chi connectivity index (χ2v) is 7.36. The first-order chi connectivity index (χ1) is 11.8. The molecule has 0 aliphatic carbocycles. The van der Waals surface area contributed by atoms with E-state index in [4.69, 9.17) is 0 Å². The van der Waals surface area contributed by atoms with Crippen LogP contribution >= 0.6 is 0 Å². The van der Waals surface area contributed by atoms with Gasteiger partial charge in [-0.25, -0.2) is 0 Å². The highest BCUT2D eigenvalue weighted by Gasteiger charge is 2.30. The molecular weight excluding hydrogens is 318 g/mol. The molecule has 0 radical (unpaired) electrons. The molecule has 1 aromatic rings. The Labute approximate surface area is 149 Å². The molecule has 1 aliphatic rings. The first kappa shape index (κ1) is 19.0. The molecule has 0 atom stereocenters. The van der Waals surface area contributed by atoms with Crippen LogP contribution < -0.4 is 5.32 Å². The van der Waals surface area contributed by atoms with Crippen LogP contribution in [-0.4, -0.2) is 60.2 Å². The quantitative estimate of drug-likeness (QED) is 0.887. The molecule has 6 nitrogen and oxygen atoms in total. The molecule has 1 N–H and O–H groups in total. The van der Waals surface area contributed by atoms with Crippen molar-refractivity contribution in [2.75, 3.05) is 32.7 Å². The SMILES string of the molecule is CC(C)(C)C(=O)N1CCN(C(=O)CNC(=O)Cc2ccccc2)CC1. The van der Waals surface area contributed by atoms with E-state index in [-0.39, 0.29) is 30.7 Å². The minimum atomic E-state index is -0.405.